The van der Waals surface area contributed by atoms with Gasteiger partial charge in [-0.05, 0) is 25.1 Å². The van der Waals surface area contributed by atoms with Crippen molar-refractivity contribution in [3.8, 4) is 6.07 Å². The Morgan fingerprint density at radius 3 is 2.53 bits per heavy atom. The van der Waals surface area contributed by atoms with E-state index in [0.29, 0.717) is 15.7 Å². The van der Waals surface area contributed by atoms with E-state index in [0.717, 1.165) is 0 Å². The predicted octanol–water partition coefficient (Wildman–Crippen LogP) is 4.09. The Labute approximate surface area is 114 Å². The predicted molar refractivity (Wildman–Crippen MR) is 73.6 cm³/mol. The normalized spacial score (nSPS) is 11.4. The second-order valence-electron chi connectivity index (χ2n) is 3.16. The summed E-state index contributed by atoms with van der Waals surface area (Å²) in [6.07, 6.45) is 0. The number of nitrogens with one attached hydrogen (secondary N) is 1. The lowest BCUT2D eigenvalue weighted by atomic mass is 10.2. The summed E-state index contributed by atoms with van der Waals surface area (Å²) in [5, 5.41) is 21.6. The van der Waals surface area contributed by atoms with Crippen molar-refractivity contribution in [1.82, 2.24) is 0 Å². The molecule has 0 fully saturated rings. The largest absolute Gasteiger partial charge is 0.511 e. The van der Waals surface area contributed by atoms with Gasteiger partial charge in [-0.25, -0.2) is 0 Å². The fraction of sp³-hybridized carbons (Fsp3) is 0.0909. The van der Waals surface area contributed by atoms with E-state index in [2.05, 4.69) is 5.32 Å². The van der Waals surface area contributed by atoms with Crippen molar-refractivity contribution < 1.29 is 5.11 Å². The van der Waals surface area contributed by atoms with E-state index >= 15 is 0 Å². The van der Waals surface area contributed by atoms with Crippen molar-refractivity contribution in [3.05, 3.63) is 39.6 Å². The molecule has 0 amide bonds. The fourth-order valence-electron chi connectivity index (χ4n) is 1.06. The second-order valence-corrected chi connectivity index (χ2v) is 4.38. The van der Waals surface area contributed by atoms with Crippen molar-refractivity contribution in [3.63, 3.8) is 0 Å². The molecule has 0 saturated heterocycles. The molecule has 0 bridgehead atoms. The number of hydrogen-bond donors (Lipinski definition) is 2. The number of aliphatic hydroxyl groups is 1. The number of benzene rings is 1. The van der Waals surface area contributed by atoms with Crippen molar-refractivity contribution in [2.45, 2.75) is 6.92 Å². The highest BCUT2D eigenvalue weighted by atomic mass is 35.5. The zero-order valence-corrected chi connectivity index (χ0v) is 11.1. The number of halogens is 2. The second kappa shape index (κ2) is 5.87. The Hall–Kier alpha value is -1.28. The van der Waals surface area contributed by atoms with Gasteiger partial charge < -0.3 is 10.4 Å². The van der Waals surface area contributed by atoms with Gasteiger partial charge in [0.2, 0.25) is 0 Å². The molecule has 2 N–H and O–H groups in total. The zero-order chi connectivity index (χ0) is 13.0. The van der Waals surface area contributed by atoms with E-state index in [-0.39, 0.29) is 16.3 Å². The van der Waals surface area contributed by atoms with Crippen LogP contribution in [0.15, 0.2) is 29.5 Å². The summed E-state index contributed by atoms with van der Waals surface area (Å²) in [6.45, 7) is 1.39. The van der Waals surface area contributed by atoms with Crippen molar-refractivity contribution in [1.29, 1.82) is 5.26 Å². The maximum Gasteiger partial charge on any atom is 0.125 e. The van der Waals surface area contributed by atoms with Crippen LogP contribution in [-0.2, 0) is 0 Å². The third kappa shape index (κ3) is 3.60. The molecule has 0 aliphatic carbocycles. The molecule has 1 rings (SSSR count). The van der Waals surface area contributed by atoms with Gasteiger partial charge in [0.05, 0.1) is 10.0 Å². The van der Waals surface area contributed by atoms with Gasteiger partial charge in [-0.2, -0.15) is 5.26 Å². The van der Waals surface area contributed by atoms with Gasteiger partial charge in [-0.15, -0.1) is 0 Å². The van der Waals surface area contributed by atoms with Gasteiger partial charge in [-0.1, -0.05) is 35.4 Å². The highest BCUT2D eigenvalue weighted by Gasteiger charge is 2.09. The van der Waals surface area contributed by atoms with Gasteiger partial charge >= 0.3 is 0 Å². The molecular formula is C11H8Cl2N2OS. The summed E-state index contributed by atoms with van der Waals surface area (Å²) in [7, 11) is 0. The maximum absolute atomic E-state index is 9.24. The minimum absolute atomic E-state index is 0.0195. The van der Waals surface area contributed by atoms with Crippen LogP contribution >= 0.6 is 35.4 Å². The molecule has 1 aromatic rings. The molecule has 0 aliphatic heterocycles. The minimum Gasteiger partial charge on any atom is -0.511 e. The standard InChI is InChI=1S/C11H8Cl2N2OS/c1-6(16)8(5-14)11(17)15-7-2-3-9(12)10(13)4-7/h2-4,16H,1H3,(H,15,17)/b8-6-. The first-order valence-electron chi connectivity index (χ1n) is 4.52. The van der Waals surface area contributed by atoms with Crippen LogP contribution in [0.1, 0.15) is 6.92 Å². The first-order chi connectivity index (χ1) is 7.95. The monoisotopic (exact) mass is 286 g/mol. The molecule has 0 atom stereocenters. The lowest BCUT2D eigenvalue weighted by Crippen LogP contribution is -2.12. The Morgan fingerprint density at radius 1 is 1.41 bits per heavy atom. The van der Waals surface area contributed by atoms with E-state index in [9.17, 15) is 5.11 Å². The third-order valence-corrected chi connectivity index (χ3v) is 2.92. The number of nitrogens with zero attached hydrogens (tertiary/aromatic N) is 1. The molecule has 0 heterocycles. The summed E-state index contributed by atoms with van der Waals surface area (Å²) in [6, 6.07) is 6.67. The number of anilines is 1. The molecule has 17 heavy (non-hydrogen) atoms. The van der Waals surface area contributed by atoms with Crippen LogP contribution in [-0.4, -0.2) is 10.1 Å². The number of hydrogen-bond acceptors (Lipinski definition) is 3. The number of rotatable bonds is 2. The maximum atomic E-state index is 9.24. The first-order valence-corrected chi connectivity index (χ1v) is 5.68. The molecule has 3 nitrogen and oxygen atoms in total. The Bertz CT molecular complexity index is 531. The van der Waals surface area contributed by atoms with Crippen LogP contribution < -0.4 is 5.32 Å². The Kier molecular flexibility index (Phi) is 4.76. The fourth-order valence-corrected chi connectivity index (χ4v) is 1.67. The molecule has 0 aliphatic rings. The molecule has 0 radical (unpaired) electrons. The summed E-state index contributed by atoms with van der Waals surface area (Å²) in [5.41, 5.74) is 0.615. The van der Waals surface area contributed by atoms with Gasteiger partial charge in [0.15, 0.2) is 0 Å². The SMILES string of the molecule is C/C(O)=C(\C#N)C(=S)Nc1ccc(Cl)c(Cl)c1. The molecule has 0 spiro atoms. The van der Waals surface area contributed by atoms with E-state index in [4.69, 9.17) is 40.7 Å². The summed E-state index contributed by atoms with van der Waals surface area (Å²) < 4.78 is 0. The van der Waals surface area contributed by atoms with Crippen molar-refractivity contribution in [2.24, 2.45) is 0 Å². The number of allylic oxidation sites excluding steroid dienone is 1. The van der Waals surface area contributed by atoms with Crippen LogP contribution in [0.25, 0.3) is 0 Å². The lowest BCUT2D eigenvalue weighted by Gasteiger charge is -2.08. The number of thiocarbonyl (C=S) groups is 1. The first kappa shape index (κ1) is 13.8. The number of nitriles is 1. The van der Waals surface area contributed by atoms with Crippen molar-refractivity contribution in [2.75, 3.05) is 5.32 Å². The van der Waals surface area contributed by atoms with Gasteiger partial charge in [-0.3, -0.25) is 0 Å². The number of aliphatic hydroxyl groups excluding tert-OH is 1. The zero-order valence-electron chi connectivity index (χ0n) is 8.79. The van der Waals surface area contributed by atoms with E-state index < -0.39 is 0 Å². The molecular weight excluding hydrogens is 279 g/mol. The van der Waals surface area contributed by atoms with Crippen molar-refractivity contribution >= 4 is 46.1 Å². The highest BCUT2D eigenvalue weighted by molar-refractivity contribution is 7.81. The van der Waals surface area contributed by atoms with Gasteiger partial charge in [0.1, 0.15) is 22.4 Å². The molecule has 88 valence electrons. The molecule has 0 aromatic heterocycles. The van der Waals surface area contributed by atoms with Crippen LogP contribution in [0.2, 0.25) is 10.0 Å². The third-order valence-electron chi connectivity index (χ3n) is 1.88. The van der Waals surface area contributed by atoms with E-state index in [1.165, 1.54) is 6.92 Å². The lowest BCUT2D eigenvalue weighted by molar-refractivity contribution is 0.412. The molecule has 0 saturated carbocycles. The minimum atomic E-state index is -0.134. The average Bonchev–Trinajstić information content (AvgIpc) is 2.24. The molecule has 0 unspecified atom stereocenters. The smallest absolute Gasteiger partial charge is 0.125 e. The quantitative estimate of drug-likeness (QED) is 0.372. The van der Waals surface area contributed by atoms with E-state index in [1.54, 1.807) is 18.2 Å². The van der Waals surface area contributed by atoms with Crippen LogP contribution in [0.3, 0.4) is 0 Å². The summed E-state index contributed by atoms with van der Waals surface area (Å²) in [5.74, 6) is -0.134. The summed E-state index contributed by atoms with van der Waals surface area (Å²) >= 11 is 16.6. The Balaban J connectivity index is 2.93. The molecule has 6 heteroatoms. The van der Waals surface area contributed by atoms with Crippen LogP contribution in [0.4, 0.5) is 5.69 Å². The van der Waals surface area contributed by atoms with Gasteiger partial charge in [0.25, 0.3) is 0 Å². The van der Waals surface area contributed by atoms with Crippen LogP contribution in [0.5, 0.6) is 0 Å². The Morgan fingerprint density at radius 2 is 2.06 bits per heavy atom. The highest BCUT2D eigenvalue weighted by Crippen LogP contribution is 2.25. The average molecular weight is 287 g/mol. The molecule has 1 aromatic carbocycles. The van der Waals surface area contributed by atoms with Gasteiger partial charge in [0, 0.05) is 5.69 Å². The topological polar surface area (TPSA) is 56.0 Å². The van der Waals surface area contributed by atoms with E-state index in [1.807, 2.05) is 6.07 Å². The summed E-state index contributed by atoms with van der Waals surface area (Å²) in [4.78, 5) is 0.130. The van der Waals surface area contributed by atoms with Crippen LogP contribution in [0, 0.1) is 11.3 Å².